The molecule has 1 aliphatic carbocycles. The minimum absolute atomic E-state index is 0. The Morgan fingerprint density at radius 1 is 1.19 bits per heavy atom. The van der Waals surface area contributed by atoms with Gasteiger partial charge in [-0.3, -0.25) is 0 Å². The van der Waals surface area contributed by atoms with Crippen LogP contribution in [0.3, 0.4) is 0 Å². The summed E-state index contributed by atoms with van der Waals surface area (Å²) < 4.78 is 38.4. The molecular formula is C15H21ClF3NO. The molecule has 120 valence electrons. The molecule has 2 nitrogen and oxygen atoms in total. The fourth-order valence-electron chi connectivity index (χ4n) is 2.50. The van der Waals surface area contributed by atoms with Crippen LogP contribution >= 0.6 is 12.4 Å². The smallest absolute Gasteiger partial charge is 0.385 e. The molecule has 2 rings (SSSR count). The summed E-state index contributed by atoms with van der Waals surface area (Å²) in [7, 11) is 3.78. The minimum atomic E-state index is -4.37. The molecule has 0 bridgehead atoms. The number of nitrogens with zero attached hydrogens (tertiary/aromatic N) is 1. The number of aliphatic hydroxyl groups is 1. The largest absolute Gasteiger partial charge is 0.416 e. The molecule has 1 N–H and O–H groups in total. The average molecular weight is 324 g/mol. The Bertz CT molecular complexity index is 474. The molecule has 21 heavy (non-hydrogen) atoms. The second kappa shape index (κ2) is 6.55. The molecule has 6 heteroatoms. The van der Waals surface area contributed by atoms with Crippen LogP contribution in [0.15, 0.2) is 24.3 Å². The number of rotatable bonds is 5. The lowest BCUT2D eigenvalue weighted by molar-refractivity contribution is -0.137. The lowest BCUT2D eigenvalue weighted by atomic mass is 9.84. The standard InChI is InChI=1S/C15H20F3NO.ClH/c1-19(2)9-8-14(20,11-6-7-11)12-4-3-5-13(10-12)15(16,17)18;/h3-5,10-11,20H,6-9H2,1-2H3;1H. The highest BCUT2D eigenvalue weighted by Crippen LogP contribution is 2.48. The molecule has 0 heterocycles. The Morgan fingerprint density at radius 2 is 1.76 bits per heavy atom. The predicted octanol–water partition coefficient (Wildman–Crippen LogP) is 3.68. The van der Waals surface area contributed by atoms with Crippen LogP contribution in [-0.2, 0) is 11.8 Å². The van der Waals surface area contributed by atoms with Gasteiger partial charge in [-0.25, -0.2) is 0 Å². The summed E-state index contributed by atoms with van der Waals surface area (Å²) in [6.07, 6.45) is -2.17. The van der Waals surface area contributed by atoms with E-state index in [4.69, 9.17) is 0 Å². The van der Waals surface area contributed by atoms with Crippen LogP contribution < -0.4 is 0 Å². The summed E-state index contributed by atoms with van der Waals surface area (Å²) >= 11 is 0. The maximum Gasteiger partial charge on any atom is 0.416 e. The molecule has 1 fully saturated rings. The SMILES string of the molecule is CN(C)CCC(O)(c1cccc(C(F)(F)F)c1)C1CC1.Cl. The number of hydrogen-bond acceptors (Lipinski definition) is 2. The Labute approximate surface area is 129 Å². The summed E-state index contributed by atoms with van der Waals surface area (Å²) in [5, 5.41) is 10.9. The van der Waals surface area contributed by atoms with Crippen LogP contribution in [0.2, 0.25) is 0 Å². The Morgan fingerprint density at radius 3 is 2.24 bits per heavy atom. The third-order valence-corrected chi connectivity index (χ3v) is 3.88. The molecule has 1 unspecified atom stereocenters. The van der Waals surface area contributed by atoms with Crippen LogP contribution in [0.1, 0.15) is 30.4 Å². The first-order valence-corrected chi connectivity index (χ1v) is 6.78. The first kappa shape index (κ1) is 18.3. The van der Waals surface area contributed by atoms with Crippen molar-refractivity contribution in [2.45, 2.75) is 31.0 Å². The monoisotopic (exact) mass is 323 g/mol. The van der Waals surface area contributed by atoms with Gasteiger partial charge in [0, 0.05) is 6.54 Å². The fourth-order valence-corrected chi connectivity index (χ4v) is 2.50. The molecular weight excluding hydrogens is 303 g/mol. The molecule has 0 radical (unpaired) electrons. The third-order valence-electron chi connectivity index (χ3n) is 3.88. The van der Waals surface area contributed by atoms with E-state index in [0.717, 1.165) is 25.0 Å². The molecule has 0 spiro atoms. The van der Waals surface area contributed by atoms with Crippen molar-refractivity contribution in [3.8, 4) is 0 Å². The van der Waals surface area contributed by atoms with Gasteiger partial charge in [0.2, 0.25) is 0 Å². The molecule has 0 aliphatic heterocycles. The maximum absolute atomic E-state index is 12.8. The normalized spacial score (nSPS) is 18.2. The number of benzene rings is 1. The summed E-state index contributed by atoms with van der Waals surface area (Å²) in [4.78, 5) is 1.93. The molecule has 0 saturated heterocycles. The molecule has 0 amide bonds. The van der Waals surface area contributed by atoms with Gasteiger partial charge < -0.3 is 10.0 Å². The van der Waals surface area contributed by atoms with Gasteiger partial charge in [-0.2, -0.15) is 13.2 Å². The topological polar surface area (TPSA) is 23.5 Å². The highest BCUT2D eigenvalue weighted by molar-refractivity contribution is 5.85. The Hall–Kier alpha value is -0.780. The van der Waals surface area contributed by atoms with Gasteiger partial charge in [-0.1, -0.05) is 12.1 Å². The summed E-state index contributed by atoms with van der Waals surface area (Å²) in [5.74, 6) is 0.0749. The molecule has 1 atom stereocenters. The van der Waals surface area contributed by atoms with Crippen LogP contribution in [0.25, 0.3) is 0 Å². The first-order valence-electron chi connectivity index (χ1n) is 6.78. The minimum Gasteiger partial charge on any atom is -0.385 e. The van der Waals surface area contributed by atoms with Crippen molar-refractivity contribution in [1.29, 1.82) is 0 Å². The Kier molecular flexibility index (Phi) is 5.69. The Balaban J connectivity index is 0.00000220. The van der Waals surface area contributed by atoms with Crippen molar-refractivity contribution in [3.63, 3.8) is 0 Å². The molecule has 1 aliphatic rings. The molecule has 1 saturated carbocycles. The van der Waals surface area contributed by atoms with Gasteiger partial charge in [0.25, 0.3) is 0 Å². The van der Waals surface area contributed by atoms with Crippen molar-refractivity contribution >= 4 is 12.4 Å². The summed E-state index contributed by atoms with van der Waals surface area (Å²) in [6.45, 7) is 0.642. The van der Waals surface area contributed by atoms with Gasteiger partial charge >= 0.3 is 6.18 Å². The fraction of sp³-hybridized carbons (Fsp3) is 0.600. The second-order valence-corrected chi connectivity index (χ2v) is 5.83. The van der Waals surface area contributed by atoms with Crippen LogP contribution in [0.5, 0.6) is 0 Å². The second-order valence-electron chi connectivity index (χ2n) is 5.83. The van der Waals surface area contributed by atoms with Gasteiger partial charge in [-0.15, -0.1) is 12.4 Å². The maximum atomic E-state index is 12.8. The van der Waals surface area contributed by atoms with Crippen LogP contribution in [-0.4, -0.2) is 30.6 Å². The van der Waals surface area contributed by atoms with Crippen molar-refractivity contribution in [3.05, 3.63) is 35.4 Å². The van der Waals surface area contributed by atoms with Crippen molar-refractivity contribution < 1.29 is 18.3 Å². The predicted molar refractivity (Wildman–Crippen MR) is 78.5 cm³/mol. The van der Waals surface area contributed by atoms with Gasteiger partial charge in [0.05, 0.1) is 11.2 Å². The zero-order valence-corrected chi connectivity index (χ0v) is 13.0. The first-order chi connectivity index (χ1) is 9.23. The van der Waals surface area contributed by atoms with E-state index < -0.39 is 17.3 Å². The molecule has 0 aromatic heterocycles. The summed E-state index contributed by atoms with van der Waals surface area (Å²) in [6, 6.07) is 5.11. The highest BCUT2D eigenvalue weighted by Gasteiger charge is 2.45. The zero-order valence-electron chi connectivity index (χ0n) is 12.2. The summed E-state index contributed by atoms with van der Waals surface area (Å²) in [5.41, 5.74) is -1.46. The van der Waals surface area contributed by atoms with Gasteiger partial charge in [-0.05, 0) is 57.0 Å². The van der Waals surface area contributed by atoms with E-state index in [-0.39, 0.29) is 18.3 Å². The van der Waals surface area contributed by atoms with E-state index in [1.807, 2.05) is 19.0 Å². The molecule has 1 aromatic rings. The van der Waals surface area contributed by atoms with Gasteiger partial charge in [0.1, 0.15) is 0 Å². The van der Waals surface area contributed by atoms with Crippen molar-refractivity contribution in [2.24, 2.45) is 5.92 Å². The van der Waals surface area contributed by atoms with Crippen LogP contribution in [0, 0.1) is 5.92 Å². The molecule has 1 aromatic carbocycles. The lowest BCUT2D eigenvalue weighted by Crippen LogP contribution is -2.33. The van der Waals surface area contributed by atoms with E-state index in [0.29, 0.717) is 18.5 Å². The average Bonchev–Trinajstić information content (AvgIpc) is 3.19. The number of halogens is 4. The number of alkyl halides is 3. The quantitative estimate of drug-likeness (QED) is 0.893. The van der Waals surface area contributed by atoms with E-state index >= 15 is 0 Å². The van der Waals surface area contributed by atoms with E-state index in [2.05, 4.69) is 0 Å². The lowest BCUT2D eigenvalue weighted by Gasteiger charge is -2.30. The van der Waals surface area contributed by atoms with Crippen molar-refractivity contribution in [2.75, 3.05) is 20.6 Å². The van der Waals surface area contributed by atoms with E-state index in [1.165, 1.54) is 6.07 Å². The van der Waals surface area contributed by atoms with Crippen LogP contribution in [0.4, 0.5) is 13.2 Å². The van der Waals surface area contributed by atoms with Crippen molar-refractivity contribution in [1.82, 2.24) is 4.90 Å². The van der Waals surface area contributed by atoms with Gasteiger partial charge in [0.15, 0.2) is 0 Å². The van der Waals surface area contributed by atoms with E-state index in [1.54, 1.807) is 6.07 Å². The zero-order chi connectivity index (χ0) is 15.0. The highest BCUT2D eigenvalue weighted by atomic mass is 35.5. The van der Waals surface area contributed by atoms with E-state index in [9.17, 15) is 18.3 Å². The number of hydrogen-bond donors (Lipinski definition) is 1. The third kappa shape index (κ3) is 4.34.